The van der Waals surface area contributed by atoms with Crippen LogP contribution in [0.3, 0.4) is 0 Å². The number of aliphatic hydroxyl groups excluding tert-OH is 2. The third-order valence-electron chi connectivity index (χ3n) is 23.0. The molecule has 8 aromatic carbocycles. The number of carbonyl (C=O) groups excluding carboxylic acids is 3. The van der Waals surface area contributed by atoms with Gasteiger partial charge in [-0.2, -0.15) is 0 Å². The van der Waals surface area contributed by atoms with Crippen molar-refractivity contribution in [3.63, 3.8) is 0 Å². The number of nitrogen functional groups attached to an aromatic ring is 1. The number of nitrogens with zero attached hydrogens (tertiary/aromatic N) is 16. The number of aromatic carboxylic acids is 1. The molecule has 18 rings (SSSR count). The van der Waals surface area contributed by atoms with E-state index >= 15 is 0 Å². The minimum Gasteiger partial charge on any atom is -0.492 e. The van der Waals surface area contributed by atoms with Crippen LogP contribution in [0.1, 0.15) is 108 Å². The number of piperidine rings is 2. The first-order valence-electron chi connectivity index (χ1n) is 48.0. The first kappa shape index (κ1) is 111. The first-order chi connectivity index (χ1) is 71.1. The van der Waals surface area contributed by atoms with Crippen LogP contribution >= 0.6 is 0 Å². The molecule has 2 aliphatic rings. The van der Waals surface area contributed by atoms with Gasteiger partial charge in [0.2, 0.25) is 23.8 Å². The van der Waals surface area contributed by atoms with Crippen molar-refractivity contribution in [2.45, 2.75) is 86.9 Å². The molecule has 0 bridgehead atoms. The normalized spacial score (nSPS) is 12.1. The van der Waals surface area contributed by atoms with Crippen molar-refractivity contribution in [2.24, 2.45) is 0 Å². The highest BCUT2D eigenvalue weighted by Gasteiger charge is 2.21. The Kier molecular flexibility index (Phi) is 43.2. The molecule has 2 aliphatic heterocycles. The zero-order chi connectivity index (χ0) is 104. The number of anilines is 12. The van der Waals surface area contributed by atoms with Gasteiger partial charge in [0.1, 0.15) is 24.2 Å². The molecule has 8 aromatic heterocycles. The summed E-state index contributed by atoms with van der Waals surface area (Å²) in [5, 5.41) is 47.5. The monoisotopic (exact) mass is 1990 g/mol. The Morgan fingerprint density at radius 3 is 1.00 bits per heavy atom. The summed E-state index contributed by atoms with van der Waals surface area (Å²) in [6, 6.07) is 74.1. The maximum atomic E-state index is 12.9. The molecule has 0 aliphatic carbocycles. The van der Waals surface area contributed by atoms with Crippen molar-refractivity contribution >= 4 is 93.0 Å². The summed E-state index contributed by atoms with van der Waals surface area (Å²) in [5.41, 5.74) is 27.1. The third kappa shape index (κ3) is 36.6. The molecule has 764 valence electrons. The minimum absolute atomic E-state index is 0. The van der Waals surface area contributed by atoms with Crippen molar-refractivity contribution in [3.05, 3.63) is 373 Å². The standard InChI is InChI=1S/C29H30N6O2.C27H28N6O2.C24H21N5O.C16H15N5.C8H8O2.C6H13NO.C4H11NO.CH4/c1-20-5-8-23(18-27(20)34-29-31-15-11-26(33-29)22-4-3-14-30-19-22)32-28(36)21-6-9-24(10-7-21)37-25-12-16-35(2)17-13-25;1-19-6-9-22(30-26(34)20-7-10-23(11-8-20)35-16-15-33(2)3)17-25(19)32-27-29-14-12-24(31-27)21-5-4-13-28-18-21;1-16-5-8-18(9-6-16)23(30)27-20-10-7-17(2)22(14-20)29-24-26-13-11-21(28-24)19-4-3-12-25-15-19;1-11-4-5-13(17)9-15(11)21-16-19-8-6-14(20-16)12-3-2-7-18-10-12;1-6-2-4-7(5-3-6)8(9)10;1-7-4-2-6(8)3-5-7;1-5(2)3-4-6;/h3-11,14-15,18-19,25H,12-13,16-17H2,1-2H3,(H,32,36)(H,31,33,34);4-14,17-18H,15-16H2,1-3H3,(H,30,34)(H,29,31,32);3-15H,1-2H3,(H,27,30)(H,26,28,29);2-10H,17H2,1H3,(H,19,20,21);2-5H,1H3,(H,9,10);6,8H,2-5H2,1H3;6H,3-4H2,1-2H3;1H4. The van der Waals surface area contributed by atoms with E-state index < -0.39 is 5.97 Å². The fraction of sp³-hybridized carbons (Fsp3) is 0.235. The van der Waals surface area contributed by atoms with Crippen molar-refractivity contribution in [3.8, 4) is 56.5 Å². The van der Waals surface area contributed by atoms with Gasteiger partial charge in [0.05, 0.1) is 41.1 Å². The number of aromatic nitrogens is 12. The molecule has 16 aromatic rings. The number of hydrogen-bond donors (Lipinski definition) is 11. The molecule has 2 saturated heterocycles. The van der Waals surface area contributed by atoms with Crippen molar-refractivity contribution in [1.29, 1.82) is 0 Å². The van der Waals surface area contributed by atoms with E-state index in [0.717, 1.165) is 178 Å². The van der Waals surface area contributed by atoms with Gasteiger partial charge < -0.3 is 87.3 Å². The topological polar surface area (TPSA) is 425 Å². The van der Waals surface area contributed by atoms with Crippen LogP contribution in [0.5, 0.6) is 11.5 Å². The summed E-state index contributed by atoms with van der Waals surface area (Å²) >= 11 is 0. The van der Waals surface area contributed by atoms with Gasteiger partial charge in [-0.1, -0.05) is 67.1 Å². The summed E-state index contributed by atoms with van der Waals surface area (Å²) in [6.45, 7) is 18.5. The van der Waals surface area contributed by atoms with Gasteiger partial charge in [-0.25, -0.2) is 44.7 Å². The Bertz CT molecular complexity index is 6850. The number of carboxylic acids is 1. The van der Waals surface area contributed by atoms with Gasteiger partial charge >= 0.3 is 5.97 Å². The summed E-state index contributed by atoms with van der Waals surface area (Å²) in [4.78, 5) is 109. The first-order valence-corrected chi connectivity index (χ1v) is 48.0. The number of likely N-dealkylation sites (tertiary alicyclic amines) is 2. The lowest BCUT2D eigenvalue weighted by atomic mass is 10.1. The zero-order valence-corrected chi connectivity index (χ0v) is 84.7. The molecule has 0 unspecified atom stereocenters. The Morgan fingerprint density at radius 2 is 0.696 bits per heavy atom. The smallest absolute Gasteiger partial charge is 0.335 e. The zero-order valence-electron chi connectivity index (χ0n) is 84.7. The second kappa shape index (κ2) is 57.4. The summed E-state index contributed by atoms with van der Waals surface area (Å²) in [6.07, 6.45) is 25.0. The SMILES string of the molecule is C.CN(C)CCO.CN1CCC(O)CC1.Cc1ccc(C(=O)Nc2ccc(C)c(Nc3nccc(-c4cccnc4)n3)c2)cc1.Cc1ccc(C(=O)O)cc1.Cc1ccc(N)cc1Nc1nccc(-c2cccnc2)n1.Cc1ccc(NC(=O)c2ccc(OC3CCN(C)CC3)cc2)cc1Nc1nccc(-c2cccnc2)n1.Cc1ccc(NC(=O)c2ccc(OCCN(C)C)cc2)cc1Nc1nccc(-c2cccnc2)n1. The number of ether oxygens (including phenoxy) is 2. The molecule has 33 nitrogen and oxygen atoms in total. The van der Waals surface area contributed by atoms with Crippen molar-refractivity contribution < 1.29 is 44.0 Å². The summed E-state index contributed by atoms with van der Waals surface area (Å²) in [5.74, 6) is 2.05. The van der Waals surface area contributed by atoms with Gasteiger partial charge in [-0.05, 0) is 326 Å². The number of carboxylic acid groups (broad SMARTS) is 1. The van der Waals surface area contributed by atoms with Crippen LogP contribution < -0.4 is 52.4 Å². The van der Waals surface area contributed by atoms with Gasteiger partial charge in [0.15, 0.2) is 0 Å². The molecule has 148 heavy (non-hydrogen) atoms. The van der Waals surface area contributed by atoms with E-state index in [1.807, 2.05) is 257 Å². The number of aliphatic hydroxyl groups is 2. The van der Waals surface area contributed by atoms with E-state index in [2.05, 4.69) is 126 Å². The molecular formula is C115H130N24O9. The highest BCUT2D eigenvalue weighted by Crippen LogP contribution is 2.32. The molecule has 0 radical (unpaired) electrons. The largest absolute Gasteiger partial charge is 0.492 e. The molecule has 10 heterocycles. The molecule has 3 amide bonds. The van der Waals surface area contributed by atoms with E-state index in [1.54, 1.807) is 135 Å². The molecule has 2 fully saturated rings. The Morgan fingerprint density at radius 1 is 0.385 bits per heavy atom. The number of nitrogens with one attached hydrogen (secondary N) is 7. The maximum Gasteiger partial charge on any atom is 0.335 e. The van der Waals surface area contributed by atoms with Crippen molar-refractivity contribution in [1.82, 2.24) is 79.4 Å². The number of nitrogens with two attached hydrogens (primary N) is 1. The number of amides is 3. The third-order valence-corrected chi connectivity index (χ3v) is 23.0. The number of pyridine rings is 4. The lowest BCUT2D eigenvalue weighted by Crippen LogP contribution is -2.35. The van der Waals surface area contributed by atoms with Crippen molar-refractivity contribution in [2.75, 3.05) is 138 Å². The van der Waals surface area contributed by atoms with E-state index in [4.69, 9.17) is 30.5 Å². The molecule has 0 saturated carbocycles. The van der Waals surface area contributed by atoms with Crippen LogP contribution in [0.2, 0.25) is 0 Å². The molecule has 12 N–H and O–H groups in total. The summed E-state index contributed by atoms with van der Waals surface area (Å²) in [7, 11) is 12.1. The number of rotatable bonds is 27. The fourth-order valence-electron chi connectivity index (χ4n) is 14.4. The number of hydrogen-bond acceptors (Lipinski definition) is 29. The lowest BCUT2D eigenvalue weighted by Gasteiger charge is -2.29. The van der Waals surface area contributed by atoms with Crippen LogP contribution in [0.25, 0.3) is 45.0 Å². The van der Waals surface area contributed by atoms with Gasteiger partial charge in [-0.15, -0.1) is 0 Å². The van der Waals surface area contributed by atoms with Crippen LogP contribution in [0.15, 0.2) is 317 Å². The van der Waals surface area contributed by atoms with Gasteiger partial charge in [-0.3, -0.25) is 34.3 Å². The molecular weight excluding hydrogens is 1860 g/mol. The Labute approximate surface area is 865 Å². The average Bonchev–Trinajstić information content (AvgIpc) is 0.835. The van der Waals surface area contributed by atoms with Crippen LogP contribution in [0, 0.1) is 41.5 Å². The van der Waals surface area contributed by atoms with Gasteiger partial charge in [0.25, 0.3) is 17.7 Å². The van der Waals surface area contributed by atoms with E-state index in [9.17, 15) is 19.2 Å². The van der Waals surface area contributed by atoms with Crippen LogP contribution in [-0.2, 0) is 0 Å². The molecule has 33 heteroatoms. The number of likely N-dealkylation sites (N-methyl/N-ethyl adjacent to an activating group) is 2. The van der Waals surface area contributed by atoms with Gasteiger partial charge in [0, 0.05) is 198 Å². The highest BCUT2D eigenvalue weighted by atomic mass is 16.5. The predicted molar refractivity (Wildman–Crippen MR) is 590 cm³/mol. The number of aryl methyl sites for hydroxylation is 6. The van der Waals surface area contributed by atoms with E-state index in [0.29, 0.717) is 75.4 Å². The predicted octanol–water partition coefficient (Wildman–Crippen LogP) is 20.4. The van der Waals surface area contributed by atoms with E-state index in [-0.39, 0.29) is 44.0 Å². The Balaban J connectivity index is 0.000000175. The highest BCUT2D eigenvalue weighted by molar-refractivity contribution is 6.06. The number of carbonyl (C=O) groups is 4. The van der Waals surface area contributed by atoms with Crippen LogP contribution in [-0.4, -0.2) is 225 Å². The second-order valence-corrected chi connectivity index (χ2v) is 35.5. The van der Waals surface area contributed by atoms with Crippen LogP contribution in [0.4, 0.5) is 69.3 Å². The second-order valence-electron chi connectivity index (χ2n) is 35.5. The minimum atomic E-state index is -0.875. The summed E-state index contributed by atoms with van der Waals surface area (Å²) < 4.78 is 11.8. The maximum absolute atomic E-state index is 12.9. The molecule has 0 spiro atoms. The lowest BCUT2D eigenvalue weighted by molar-refractivity contribution is 0.0695. The quantitative estimate of drug-likeness (QED) is 0.0213. The Hall–Kier alpha value is -17.1. The molecule has 0 atom stereocenters. The number of benzene rings is 8. The fourth-order valence-corrected chi connectivity index (χ4v) is 14.4. The van der Waals surface area contributed by atoms with E-state index in [1.165, 1.54) is 0 Å². The average molecular weight is 1990 g/mol.